The number of fused-ring (bicyclic) bond motifs is 1. The lowest BCUT2D eigenvalue weighted by molar-refractivity contribution is -0.142. The lowest BCUT2D eigenvalue weighted by Crippen LogP contribution is -2.47. The molecule has 11 nitrogen and oxygen atoms in total. The number of carboxylic acids is 1. The molecule has 0 saturated carbocycles. The second-order valence-corrected chi connectivity index (χ2v) is 14.2. The quantitative estimate of drug-likeness (QED) is 0.0840. The molecule has 0 aliphatic carbocycles. The largest absolute Gasteiger partial charge is 0.508 e. The van der Waals surface area contributed by atoms with Gasteiger partial charge >= 0.3 is 5.97 Å². The van der Waals surface area contributed by atoms with Crippen molar-refractivity contribution in [2.24, 2.45) is 5.41 Å². The van der Waals surface area contributed by atoms with E-state index in [1.807, 2.05) is 50.4 Å². The summed E-state index contributed by atoms with van der Waals surface area (Å²) in [5.41, 5.74) is 0.300. The fourth-order valence-electron chi connectivity index (χ4n) is 5.91. The number of carbonyl (C=O) groups excluding carboxylic acids is 4. The Morgan fingerprint density at radius 1 is 0.941 bits per heavy atom. The molecule has 4 rings (SSSR count). The number of phenols is 1. The summed E-state index contributed by atoms with van der Waals surface area (Å²) >= 11 is 2.37. The second-order valence-electron chi connectivity index (χ2n) is 12.3. The van der Waals surface area contributed by atoms with Crippen molar-refractivity contribution in [2.75, 3.05) is 17.8 Å². The third-order valence-corrected chi connectivity index (χ3v) is 10.7. The van der Waals surface area contributed by atoms with E-state index in [4.69, 9.17) is 4.74 Å². The smallest absolute Gasteiger partial charge is 0.326 e. The maximum atomic E-state index is 14.7. The SMILES string of the molecule is CCCCC1(CCCC)C(=O)Sc2cc(OCC(=O)N[C@@H](C(=O)N[C@@H](CC)C(=O)O)c3ccc(O)cc3)c(SC)cc2N(c2ccccc2)C1=O. The summed E-state index contributed by atoms with van der Waals surface area (Å²) in [7, 11) is 0. The lowest BCUT2D eigenvalue weighted by Gasteiger charge is -2.34. The van der Waals surface area contributed by atoms with E-state index in [-0.39, 0.29) is 23.2 Å². The van der Waals surface area contributed by atoms with Crippen LogP contribution in [0.1, 0.15) is 77.3 Å². The predicted molar refractivity (Wildman–Crippen MR) is 199 cm³/mol. The van der Waals surface area contributed by atoms with Crippen LogP contribution in [0.3, 0.4) is 0 Å². The number of nitrogens with one attached hydrogen (secondary N) is 2. The van der Waals surface area contributed by atoms with Gasteiger partial charge in [0, 0.05) is 10.6 Å². The normalized spacial score (nSPS) is 14.9. The number of nitrogens with zero attached hydrogens (tertiary/aromatic N) is 1. The highest BCUT2D eigenvalue weighted by molar-refractivity contribution is 8.14. The topological polar surface area (TPSA) is 162 Å². The number of rotatable bonds is 17. The van der Waals surface area contributed by atoms with Gasteiger partial charge in [-0.1, -0.05) is 76.8 Å². The lowest BCUT2D eigenvalue weighted by atomic mass is 9.77. The summed E-state index contributed by atoms with van der Waals surface area (Å²) in [4.78, 5) is 69.9. The molecule has 0 bridgehead atoms. The van der Waals surface area contributed by atoms with Crippen LogP contribution < -0.4 is 20.3 Å². The number of carbonyl (C=O) groups is 5. The number of aromatic hydroxyl groups is 1. The molecular weight excluding hydrogens is 691 g/mol. The van der Waals surface area contributed by atoms with E-state index in [2.05, 4.69) is 10.6 Å². The van der Waals surface area contributed by atoms with Crippen LogP contribution in [-0.4, -0.2) is 57.9 Å². The van der Waals surface area contributed by atoms with Gasteiger partial charge in [-0.3, -0.25) is 24.1 Å². The molecule has 2 atom stereocenters. The van der Waals surface area contributed by atoms with Crippen LogP contribution in [-0.2, 0) is 24.0 Å². The molecule has 272 valence electrons. The molecule has 0 spiro atoms. The minimum Gasteiger partial charge on any atom is -0.508 e. The molecular formula is C38H45N3O8S2. The number of aliphatic carboxylic acids is 1. The van der Waals surface area contributed by atoms with Gasteiger partial charge in [-0.2, -0.15) is 0 Å². The van der Waals surface area contributed by atoms with E-state index >= 15 is 0 Å². The van der Waals surface area contributed by atoms with Gasteiger partial charge in [-0.25, -0.2) is 4.79 Å². The van der Waals surface area contributed by atoms with E-state index in [1.165, 1.54) is 36.0 Å². The second kappa shape index (κ2) is 18.1. The number of phenolic OH excluding ortho intramolecular Hbond substituents is 1. The highest BCUT2D eigenvalue weighted by Gasteiger charge is 2.50. The van der Waals surface area contributed by atoms with Crippen LogP contribution in [0.15, 0.2) is 76.5 Å². The number of hydrogen-bond acceptors (Lipinski definition) is 9. The average Bonchev–Trinajstić information content (AvgIpc) is 3.21. The number of benzene rings is 3. The number of ether oxygens (including phenoxy) is 1. The summed E-state index contributed by atoms with van der Waals surface area (Å²) in [5, 5.41) is 24.1. The van der Waals surface area contributed by atoms with Crippen molar-refractivity contribution in [3.8, 4) is 11.5 Å². The van der Waals surface area contributed by atoms with Gasteiger partial charge in [0.2, 0.25) is 16.9 Å². The molecule has 3 aromatic rings. The van der Waals surface area contributed by atoms with Gasteiger partial charge in [0.1, 0.15) is 29.0 Å². The van der Waals surface area contributed by atoms with Crippen molar-refractivity contribution >= 4 is 63.7 Å². The Hall–Kier alpha value is -4.49. The number of anilines is 2. The first kappa shape index (κ1) is 39.3. The van der Waals surface area contributed by atoms with Crippen LogP contribution in [0, 0.1) is 5.41 Å². The molecule has 3 amide bonds. The Morgan fingerprint density at radius 3 is 2.16 bits per heavy atom. The van der Waals surface area contributed by atoms with E-state index in [1.54, 1.807) is 24.0 Å². The third kappa shape index (κ3) is 9.25. The van der Waals surface area contributed by atoms with E-state index in [0.717, 1.165) is 37.4 Å². The molecule has 0 unspecified atom stereocenters. The number of carboxylic acid groups (broad SMARTS) is 1. The van der Waals surface area contributed by atoms with Crippen molar-refractivity contribution in [3.63, 3.8) is 0 Å². The molecule has 0 saturated heterocycles. The van der Waals surface area contributed by atoms with Crippen LogP contribution in [0.25, 0.3) is 0 Å². The molecule has 0 fully saturated rings. The van der Waals surface area contributed by atoms with Gasteiger partial charge in [-0.15, -0.1) is 11.8 Å². The first-order valence-electron chi connectivity index (χ1n) is 17.1. The molecule has 0 radical (unpaired) electrons. The maximum Gasteiger partial charge on any atom is 0.326 e. The monoisotopic (exact) mass is 735 g/mol. The zero-order chi connectivity index (χ0) is 37.1. The predicted octanol–water partition coefficient (Wildman–Crippen LogP) is 6.99. The van der Waals surface area contributed by atoms with Crippen LogP contribution in [0.2, 0.25) is 0 Å². The van der Waals surface area contributed by atoms with E-state index in [0.29, 0.717) is 45.3 Å². The van der Waals surface area contributed by atoms with Gasteiger partial charge in [-0.05, 0) is 79.2 Å². The van der Waals surface area contributed by atoms with Crippen LogP contribution in [0.4, 0.5) is 11.4 Å². The van der Waals surface area contributed by atoms with Crippen molar-refractivity contribution in [1.29, 1.82) is 0 Å². The number of para-hydroxylation sites is 1. The number of hydrogen-bond donors (Lipinski definition) is 4. The summed E-state index contributed by atoms with van der Waals surface area (Å²) in [6.07, 6.45) is 5.95. The summed E-state index contributed by atoms with van der Waals surface area (Å²) < 4.78 is 6.03. The molecule has 51 heavy (non-hydrogen) atoms. The Morgan fingerprint density at radius 2 is 1.59 bits per heavy atom. The molecule has 3 aromatic carbocycles. The highest BCUT2D eigenvalue weighted by atomic mass is 32.2. The summed E-state index contributed by atoms with van der Waals surface area (Å²) in [5.74, 6) is -2.61. The zero-order valence-corrected chi connectivity index (χ0v) is 30.9. The molecule has 1 aliphatic rings. The first-order chi connectivity index (χ1) is 24.5. The average molecular weight is 736 g/mol. The van der Waals surface area contributed by atoms with Crippen molar-refractivity contribution in [1.82, 2.24) is 10.6 Å². The Bertz CT molecular complexity index is 1710. The zero-order valence-electron chi connectivity index (χ0n) is 29.3. The standard InChI is InChI=1S/C38H45N3O8S2/c1-5-8-19-38(20-9-6-2)36(47)41(25-13-11-10-12-14-25)28-21-31(50-4)29(22-30(28)51-37(38)48)49-23-32(43)40-33(24-15-17-26(42)18-16-24)34(44)39-27(7-3)35(45)46/h10-18,21-22,27,33,42H,5-9,19-20,23H2,1-4H3,(H,39,44)(H,40,43)(H,45,46)/t27-,33+/m0/s1. The molecule has 0 aromatic heterocycles. The Balaban J connectivity index is 1.67. The van der Waals surface area contributed by atoms with Gasteiger partial charge in [0.05, 0.1) is 10.6 Å². The Labute approximate surface area is 306 Å². The molecule has 4 N–H and O–H groups in total. The summed E-state index contributed by atoms with van der Waals surface area (Å²) in [6, 6.07) is 15.9. The van der Waals surface area contributed by atoms with Gasteiger partial charge in [0.25, 0.3) is 5.91 Å². The minimum absolute atomic E-state index is 0.0470. The minimum atomic E-state index is -1.28. The van der Waals surface area contributed by atoms with Gasteiger partial charge < -0.3 is 25.6 Å². The van der Waals surface area contributed by atoms with Gasteiger partial charge in [0.15, 0.2) is 6.61 Å². The van der Waals surface area contributed by atoms with E-state index < -0.39 is 41.9 Å². The fraction of sp³-hybridized carbons (Fsp3) is 0.395. The number of thioether (sulfide) groups is 2. The highest BCUT2D eigenvalue weighted by Crippen LogP contribution is 2.51. The van der Waals surface area contributed by atoms with Crippen molar-refractivity contribution < 1.29 is 38.9 Å². The van der Waals surface area contributed by atoms with Crippen LogP contribution in [0.5, 0.6) is 11.5 Å². The number of amides is 3. The summed E-state index contributed by atoms with van der Waals surface area (Å²) in [6.45, 7) is 5.18. The first-order valence-corrected chi connectivity index (χ1v) is 19.1. The fourth-order valence-corrected chi connectivity index (χ4v) is 7.56. The third-order valence-electron chi connectivity index (χ3n) is 8.80. The molecule has 1 heterocycles. The van der Waals surface area contributed by atoms with Crippen molar-refractivity contribution in [2.45, 2.75) is 87.6 Å². The number of unbranched alkanes of at least 4 members (excludes halogenated alkanes) is 2. The molecule has 13 heteroatoms. The maximum absolute atomic E-state index is 14.7. The van der Waals surface area contributed by atoms with Crippen LogP contribution >= 0.6 is 23.5 Å². The Kier molecular flexibility index (Phi) is 14.0. The molecule has 1 aliphatic heterocycles. The van der Waals surface area contributed by atoms with E-state index in [9.17, 15) is 34.2 Å². The van der Waals surface area contributed by atoms with Crippen molar-refractivity contribution in [3.05, 3.63) is 72.3 Å².